The van der Waals surface area contributed by atoms with Crippen molar-refractivity contribution in [2.45, 2.75) is 59.2 Å². The van der Waals surface area contributed by atoms with Crippen LogP contribution in [0.4, 0.5) is 0 Å². The van der Waals surface area contributed by atoms with Crippen LogP contribution in [0.5, 0.6) is 0 Å². The first-order valence-corrected chi connectivity index (χ1v) is 12.4. The average molecular weight is 517 g/mol. The molecule has 36 heavy (non-hydrogen) atoms. The van der Waals surface area contributed by atoms with E-state index in [0.717, 1.165) is 6.54 Å². The largest absolute Gasteiger partial charge is 0.461 e. The molecule has 3 amide bonds. The Bertz CT molecular complexity index is 713. The number of likely N-dealkylation sites (tertiary alicyclic amines) is 1. The predicted molar refractivity (Wildman–Crippen MR) is 132 cm³/mol. The monoisotopic (exact) mass is 516 g/mol. The standard InChI is InChI=1S/C24H44N4O8/c1-7-26-22(31)19-14-18(36-17(2)29)15-28(19)23(32)21(24(3,4)5)27-20(30)16-35-13-12-34-11-10-33-9-8-25-6/h18-19,21,25H,7-16H2,1-6H3,(H,26,31)(H,27,30). The third-order valence-corrected chi connectivity index (χ3v) is 5.42. The van der Waals surface area contributed by atoms with Gasteiger partial charge in [-0.2, -0.15) is 0 Å². The summed E-state index contributed by atoms with van der Waals surface area (Å²) in [7, 11) is 1.85. The van der Waals surface area contributed by atoms with Gasteiger partial charge in [0.2, 0.25) is 17.7 Å². The number of rotatable bonds is 16. The summed E-state index contributed by atoms with van der Waals surface area (Å²) in [6, 6.07) is -1.70. The first-order valence-electron chi connectivity index (χ1n) is 12.4. The van der Waals surface area contributed by atoms with Crippen LogP contribution in [-0.2, 0) is 38.1 Å². The molecule has 0 aromatic rings. The van der Waals surface area contributed by atoms with Crippen molar-refractivity contribution < 1.29 is 38.1 Å². The summed E-state index contributed by atoms with van der Waals surface area (Å²) < 4.78 is 21.4. The molecule has 1 saturated heterocycles. The van der Waals surface area contributed by atoms with Gasteiger partial charge in [-0.25, -0.2) is 0 Å². The Morgan fingerprint density at radius 3 is 2.17 bits per heavy atom. The van der Waals surface area contributed by atoms with E-state index in [4.69, 9.17) is 18.9 Å². The molecule has 0 saturated carbocycles. The van der Waals surface area contributed by atoms with Crippen LogP contribution in [0.3, 0.4) is 0 Å². The molecule has 1 rings (SSSR count). The fourth-order valence-corrected chi connectivity index (χ4v) is 3.70. The molecule has 0 aromatic carbocycles. The molecule has 208 valence electrons. The quantitative estimate of drug-likeness (QED) is 0.182. The molecule has 0 bridgehead atoms. The van der Waals surface area contributed by atoms with Crippen molar-refractivity contribution in [3.63, 3.8) is 0 Å². The second-order valence-corrected chi connectivity index (χ2v) is 9.62. The van der Waals surface area contributed by atoms with E-state index in [1.165, 1.54) is 11.8 Å². The number of hydrogen-bond donors (Lipinski definition) is 3. The lowest BCUT2D eigenvalue weighted by atomic mass is 9.85. The lowest BCUT2D eigenvalue weighted by Gasteiger charge is -2.35. The highest BCUT2D eigenvalue weighted by Gasteiger charge is 2.45. The lowest BCUT2D eigenvalue weighted by Crippen LogP contribution is -2.58. The van der Waals surface area contributed by atoms with Crippen LogP contribution in [0.15, 0.2) is 0 Å². The summed E-state index contributed by atoms with van der Waals surface area (Å²) >= 11 is 0. The summed E-state index contributed by atoms with van der Waals surface area (Å²) in [5.41, 5.74) is -0.644. The lowest BCUT2D eigenvalue weighted by molar-refractivity contribution is -0.147. The number of likely N-dealkylation sites (N-methyl/N-ethyl adjacent to an activating group) is 2. The van der Waals surface area contributed by atoms with E-state index in [1.807, 2.05) is 27.8 Å². The maximum Gasteiger partial charge on any atom is 0.302 e. The zero-order chi connectivity index (χ0) is 27.1. The summed E-state index contributed by atoms with van der Waals surface area (Å²) in [6.07, 6.45) is -0.390. The van der Waals surface area contributed by atoms with Gasteiger partial charge < -0.3 is 39.8 Å². The topological polar surface area (TPSA) is 145 Å². The van der Waals surface area contributed by atoms with Gasteiger partial charge in [-0.15, -0.1) is 0 Å². The molecule has 1 aliphatic rings. The first kappa shape index (κ1) is 31.7. The minimum atomic E-state index is -0.910. The first-order chi connectivity index (χ1) is 17.0. The van der Waals surface area contributed by atoms with Gasteiger partial charge in [0.25, 0.3) is 0 Å². The van der Waals surface area contributed by atoms with Crippen LogP contribution < -0.4 is 16.0 Å². The number of esters is 1. The number of carbonyl (C=O) groups is 4. The Kier molecular flexibility index (Phi) is 14.5. The molecule has 1 aliphatic heterocycles. The van der Waals surface area contributed by atoms with E-state index in [2.05, 4.69) is 16.0 Å². The molecule has 1 fully saturated rings. The average Bonchev–Trinajstić information content (AvgIpc) is 3.21. The highest BCUT2D eigenvalue weighted by atomic mass is 16.5. The number of nitrogens with one attached hydrogen (secondary N) is 3. The van der Waals surface area contributed by atoms with Crippen LogP contribution in [0.1, 0.15) is 41.0 Å². The number of nitrogens with zero attached hydrogens (tertiary/aromatic N) is 1. The van der Waals surface area contributed by atoms with Crippen molar-refractivity contribution in [1.29, 1.82) is 0 Å². The molecule has 1 heterocycles. The zero-order valence-corrected chi connectivity index (χ0v) is 22.5. The Balaban J connectivity index is 2.63. The van der Waals surface area contributed by atoms with E-state index in [9.17, 15) is 19.2 Å². The third-order valence-electron chi connectivity index (χ3n) is 5.42. The summed E-state index contributed by atoms with van der Waals surface area (Å²) in [5.74, 6) is -1.67. The zero-order valence-electron chi connectivity index (χ0n) is 22.5. The van der Waals surface area contributed by atoms with Crippen molar-refractivity contribution in [2.75, 3.05) is 66.3 Å². The van der Waals surface area contributed by atoms with Crippen molar-refractivity contribution in [2.24, 2.45) is 5.41 Å². The molecule has 0 spiro atoms. The van der Waals surface area contributed by atoms with Gasteiger partial charge in [0.05, 0.1) is 39.6 Å². The van der Waals surface area contributed by atoms with E-state index >= 15 is 0 Å². The highest BCUT2D eigenvalue weighted by Crippen LogP contribution is 2.27. The van der Waals surface area contributed by atoms with E-state index in [0.29, 0.717) is 33.0 Å². The summed E-state index contributed by atoms with van der Waals surface area (Å²) in [4.78, 5) is 51.6. The molecule has 3 unspecified atom stereocenters. The normalized spacial score (nSPS) is 18.6. The van der Waals surface area contributed by atoms with Gasteiger partial charge in [0, 0.05) is 26.4 Å². The minimum Gasteiger partial charge on any atom is -0.461 e. The molecule has 0 aliphatic carbocycles. The Hall–Kier alpha value is -2.28. The van der Waals surface area contributed by atoms with Crippen LogP contribution in [-0.4, -0.2) is 113 Å². The van der Waals surface area contributed by atoms with E-state index in [-0.39, 0.29) is 32.1 Å². The van der Waals surface area contributed by atoms with E-state index in [1.54, 1.807) is 6.92 Å². The molecule has 12 nitrogen and oxygen atoms in total. The molecular formula is C24H44N4O8. The van der Waals surface area contributed by atoms with Gasteiger partial charge in [0.1, 0.15) is 24.8 Å². The molecule has 12 heteroatoms. The predicted octanol–water partition coefficient (Wildman–Crippen LogP) is -0.545. The summed E-state index contributed by atoms with van der Waals surface area (Å²) in [5, 5.41) is 8.45. The molecule has 0 aromatic heterocycles. The number of carbonyl (C=O) groups excluding carboxylic acids is 4. The van der Waals surface area contributed by atoms with Gasteiger partial charge in [-0.05, 0) is 19.4 Å². The van der Waals surface area contributed by atoms with Crippen molar-refractivity contribution >= 4 is 23.7 Å². The van der Waals surface area contributed by atoms with Crippen molar-refractivity contribution in [3.05, 3.63) is 0 Å². The maximum absolute atomic E-state index is 13.5. The van der Waals surface area contributed by atoms with Gasteiger partial charge in [-0.1, -0.05) is 20.8 Å². The van der Waals surface area contributed by atoms with Crippen LogP contribution in [0.2, 0.25) is 0 Å². The van der Waals surface area contributed by atoms with Gasteiger partial charge in [-0.3, -0.25) is 19.2 Å². The molecule has 0 radical (unpaired) electrons. The Labute approximate surface area is 214 Å². The molecule has 3 atom stereocenters. The fourth-order valence-electron chi connectivity index (χ4n) is 3.70. The van der Waals surface area contributed by atoms with Gasteiger partial charge in [0.15, 0.2) is 0 Å². The molecular weight excluding hydrogens is 472 g/mol. The van der Waals surface area contributed by atoms with Gasteiger partial charge >= 0.3 is 5.97 Å². The second-order valence-electron chi connectivity index (χ2n) is 9.62. The second kappa shape index (κ2) is 16.5. The van der Waals surface area contributed by atoms with E-state index < -0.39 is 41.4 Å². The fraction of sp³-hybridized carbons (Fsp3) is 0.833. The third kappa shape index (κ3) is 11.6. The van der Waals surface area contributed by atoms with Crippen molar-refractivity contribution in [1.82, 2.24) is 20.9 Å². The SMILES string of the molecule is CCNC(=O)C1CC(OC(C)=O)CN1C(=O)C(NC(=O)COCCOCCOCCNC)C(C)(C)C. The molecule has 3 N–H and O–H groups in total. The minimum absolute atomic E-state index is 0.0785. The number of hydrogen-bond acceptors (Lipinski definition) is 9. The Morgan fingerprint density at radius 2 is 1.61 bits per heavy atom. The van der Waals surface area contributed by atoms with Crippen LogP contribution >= 0.6 is 0 Å². The highest BCUT2D eigenvalue weighted by molar-refractivity contribution is 5.93. The van der Waals surface area contributed by atoms with Crippen LogP contribution in [0, 0.1) is 5.41 Å². The van der Waals surface area contributed by atoms with Crippen LogP contribution in [0.25, 0.3) is 0 Å². The maximum atomic E-state index is 13.5. The Morgan fingerprint density at radius 1 is 1.00 bits per heavy atom. The number of amides is 3. The van der Waals surface area contributed by atoms with Crippen molar-refractivity contribution in [3.8, 4) is 0 Å². The number of ether oxygens (including phenoxy) is 4. The smallest absolute Gasteiger partial charge is 0.302 e. The summed E-state index contributed by atoms with van der Waals surface area (Å²) in [6.45, 7) is 11.6.